The van der Waals surface area contributed by atoms with E-state index in [0.29, 0.717) is 11.7 Å². The van der Waals surface area contributed by atoms with E-state index in [-0.39, 0.29) is 19.3 Å². The van der Waals surface area contributed by atoms with Gasteiger partial charge in [0.1, 0.15) is 6.33 Å². The highest BCUT2D eigenvalue weighted by molar-refractivity contribution is 5.89. The molecule has 1 unspecified atom stereocenters. The molecule has 0 aliphatic rings. The van der Waals surface area contributed by atoms with Crippen LogP contribution in [0.15, 0.2) is 36.8 Å². The van der Waals surface area contributed by atoms with Crippen molar-refractivity contribution >= 4 is 10.8 Å². The Bertz CT molecular complexity index is 833. The van der Waals surface area contributed by atoms with Crippen LogP contribution in [-0.4, -0.2) is 38.0 Å². The molecule has 0 bridgehead atoms. The Kier molecular flexibility index (Phi) is 5.57. The Balaban J connectivity index is 1.82. The summed E-state index contributed by atoms with van der Waals surface area (Å²) in [4.78, 5) is 8.67. The van der Waals surface area contributed by atoms with Crippen molar-refractivity contribution in [3.8, 4) is 5.88 Å². The van der Waals surface area contributed by atoms with Crippen LogP contribution in [0, 0.1) is 0 Å². The predicted octanol–water partition coefficient (Wildman–Crippen LogP) is 1.98. The Hall–Kier alpha value is -2.51. The van der Waals surface area contributed by atoms with Crippen LogP contribution in [0.3, 0.4) is 0 Å². The number of hydrogen-bond acceptors (Lipinski definition) is 6. The van der Waals surface area contributed by atoms with Gasteiger partial charge in [0.05, 0.1) is 0 Å². The van der Waals surface area contributed by atoms with Crippen molar-refractivity contribution in [3.05, 3.63) is 48.2 Å². The Labute approximate surface area is 146 Å². The van der Waals surface area contributed by atoms with Crippen molar-refractivity contribution in [3.63, 3.8) is 0 Å². The van der Waals surface area contributed by atoms with Crippen molar-refractivity contribution < 1.29 is 9.84 Å². The fraction of sp³-hybridized carbons (Fsp3) is 0.389. The number of benzene rings is 1. The van der Waals surface area contributed by atoms with E-state index in [2.05, 4.69) is 33.4 Å². The summed E-state index contributed by atoms with van der Waals surface area (Å²) in [5.41, 5.74) is 1.11. The number of aliphatic hydroxyl groups is 1. The number of pyridine rings is 1. The number of aromatic nitrogens is 4. The van der Waals surface area contributed by atoms with Gasteiger partial charge in [-0.15, -0.1) is 0 Å². The molecule has 2 aromatic heterocycles. The van der Waals surface area contributed by atoms with E-state index in [4.69, 9.17) is 9.84 Å². The number of ether oxygens (including phenoxy) is 1. The molecule has 1 aromatic carbocycles. The molecular formula is C18H23N5O2. The van der Waals surface area contributed by atoms with E-state index in [1.54, 1.807) is 11.0 Å². The lowest BCUT2D eigenvalue weighted by Gasteiger charge is -2.17. The third kappa shape index (κ3) is 4.12. The molecule has 0 radical (unpaired) electrons. The van der Waals surface area contributed by atoms with Gasteiger partial charge in [-0.2, -0.15) is 5.10 Å². The monoisotopic (exact) mass is 341 g/mol. The topological polar surface area (TPSA) is 85.1 Å². The summed E-state index contributed by atoms with van der Waals surface area (Å²) < 4.78 is 7.49. The van der Waals surface area contributed by atoms with Gasteiger partial charge in [-0.05, 0) is 36.9 Å². The normalized spacial score (nSPS) is 12.4. The van der Waals surface area contributed by atoms with Gasteiger partial charge in [-0.25, -0.2) is 9.97 Å². The molecule has 7 nitrogen and oxygen atoms in total. The van der Waals surface area contributed by atoms with E-state index in [1.807, 2.05) is 31.4 Å². The average molecular weight is 341 g/mol. The number of nitrogens with one attached hydrogen (secondary N) is 1. The van der Waals surface area contributed by atoms with Crippen LogP contribution in [0.1, 0.15) is 30.8 Å². The third-order valence-corrected chi connectivity index (χ3v) is 4.03. The smallest absolute Gasteiger partial charge is 0.221 e. The highest BCUT2D eigenvalue weighted by Crippen LogP contribution is 2.29. The van der Waals surface area contributed by atoms with Crippen molar-refractivity contribution in [2.75, 3.05) is 13.2 Å². The van der Waals surface area contributed by atoms with Crippen LogP contribution in [0.2, 0.25) is 0 Å². The predicted molar refractivity (Wildman–Crippen MR) is 95.2 cm³/mol. The van der Waals surface area contributed by atoms with Gasteiger partial charge in [-0.1, -0.05) is 18.2 Å². The minimum atomic E-state index is 0.135. The number of aryl methyl sites for hydroxylation is 1. The number of aliphatic hydroxyl groups excluding tert-OH is 1. The molecule has 2 heterocycles. The van der Waals surface area contributed by atoms with Crippen LogP contribution in [-0.2, 0) is 13.7 Å². The lowest BCUT2D eigenvalue weighted by Crippen LogP contribution is -2.21. The second kappa shape index (κ2) is 8.04. The molecule has 0 saturated carbocycles. The maximum Gasteiger partial charge on any atom is 0.221 e. The summed E-state index contributed by atoms with van der Waals surface area (Å²) in [5.74, 6) is 1.20. The molecule has 0 aliphatic carbocycles. The highest BCUT2D eigenvalue weighted by Gasteiger charge is 2.13. The zero-order valence-electron chi connectivity index (χ0n) is 14.5. The highest BCUT2D eigenvalue weighted by atomic mass is 16.5. The first-order valence-electron chi connectivity index (χ1n) is 8.38. The molecule has 0 aliphatic heterocycles. The van der Waals surface area contributed by atoms with Crippen LogP contribution in [0.4, 0.5) is 0 Å². The van der Waals surface area contributed by atoms with Gasteiger partial charge in [0.15, 0.2) is 12.4 Å². The van der Waals surface area contributed by atoms with Gasteiger partial charge in [0.25, 0.3) is 0 Å². The second-order valence-corrected chi connectivity index (χ2v) is 5.94. The second-order valence-electron chi connectivity index (χ2n) is 5.94. The van der Waals surface area contributed by atoms with E-state index < -0.39 is 0 Å². The number of hydrogen-bond donors (Lipinski definition) is 2. The van der Waals surface area contributed by atoms with Gasteiger partial charge in [0.2, 0.25) is 5.88 Å². The van der Waals surface area contributed by atoms with Crippen molar-refractivity contribution in [1.82, 2.24) is 25.1 Å². The maximum atomic E-state index is 8.93. The van der Waals surface area contributed by atoms with E-state index in [0.717, 1.165) is 29.3 Å². The van der Waals surface area contributed by atoms with E-state index in [1.165, 1.54) is 0 Å². The summed E-state index contributed by atoms with van der Waals surface area (Å²) in [5, 5.41) is 18.6. The zero-order chi connectivity index (χ0) is 17.6. The van der Waals surface area contributed by atoms with Crippen LogP contribution in [0.25, 0.3) is 10.8 Å². The molecule has 1 atom stereocenters. The molecule has 7 heteroatoms. The number of rotatable bonds is 8. The molecule has 132 valence electrons. The van der Waals surface area contributed by atoms with Gasteiger partial charge >= 0.3 is 0 Å². The molecule has 3 rings (SSSR count). The first-order valence-corrected chi connectivity index (χ1v) is 8.38. The fourth-order valence-electron chi connectivity index (χ4n) is 2.74. The van der Waals surface area contributed by atoms with Gasteiger partial charge in [0, 0.05) is 31.3 Å². The van der Waals surface area contributed by atoms with Crippen molar-refractivity contribution in [1.29, 1.82) is 0 Å². The van der Waals surface area contributed by atoms with Crippen LogP contribution >= 0.6 is 0 Å². The first-order chi connectivity index (χ1) is 12.2. The number of nitrogens with zero attached hydrogens (tertiary/aromatic N) is 4. The minimum absolute atomic E-state index is 0.135. The maximum absolute atomic E-state index is 8.93. The molecule has 2 N–H and O–H groups in total. The van der Waals surface area contributed by atoms with Crippen molar-refractivity contribution in [2.45, 2.75) is 26.0 Å². The summed E-state index contributed by atoms with van der Waals surface area (Å²) in [7, 11) is 1.82. The minimum Gasteiger partial charge on any atom is -0.469 e. The number of fused-ring (bicyclic) bond motifs is 1. The van der Waals surface area contributed by atoms with E-state index in [9.17, 15) is 0 Å². The van der Waals surface area contributed by atoms with Gasteiger partial charge < -0.3 is 15.2 Å². The Morgan fingerprint density at radius 1 is 1.24 bits per heavy atom. The Morgan fingerprint density at radius 2 is 2.04 bits per heavy atom. The summed E-state index contributed by atoms with van der Waals surface area (Å²) in [6.07, 6.45) is 4.22. The zero-order valence-corrected chi connectivity index (χ0v) is 14.5. The molecule has 0 fully saturated rings. The quantitative estimate of drug-likeness (QED) is 0.610. The van der Waals surface area contributed by atoms with Crippen LogP contribution < -0.4 is 10.1 Å². The van der Waals surface area contributed by atoms with E-state index >= 15 is 0 Å². The molecule has 0 amide bonds. The first kappa shape index (κ1) is 17.3. The van der Waals surface area contributed by atoms with Crippen LogP contribution in [0.5, 0.6) is 5.88 Å². The molecule has 3 aromatic rings. The summed E-state index contributed by atoms with van der Waals surface area (Å²) in [6.45, 7) is 3.32. The van der Waals surface area contributed by atoms with Gasteiger partial charge in [-0.3, -0.25) is 4.68 Å². The SMILES string of the molecule is CC(NCCCO)c1cnc(OCc2ncn(C)n2)c2ccccc12. The lowest BCUT2D eigenvalue weighted by molar-refractivity contribution is 0.283. The Morgan fingerprint density at radius 3 is 2.76 bits per heavy atom. The average Bonchev–Trinajstić information content (AvgIpc) is 3.05. The molecule has 25 heavy (non-hydrogen) atoms. The molecule has 0 saturated heterocycles. The summed E-state index contributed by atoms with van der Waals surface area (Å²) >= 11 is 0. The fourth-order valence-corrected chi connectivity index (χ4v) is 2.74. The van der Waals surface area contributed by atoms with Crippen molar-refractivity contribution in [2.24, 2.45) is 7.05 Å². The lowest BCUT2D eigenvalue weighted by atomic mass is 10.0. The molecule has 0 spiro atoms. The largest absolute Gasteiger partial charge is 0.469 e. The standard InChI is InChI=1S/C18H23N5O2/c1-13(19-8-5-9-24)16-10-20-18(15-7-4-3-6-14(15)16)25-11-17-21-12-23(2)22-17/h3-4,6-7,10,12-13,19,24H,5,8-9,11H2,1-2H3. The summed E-state index contributed by atoms with van der Waals surface area (Å²) in [6, 6.07) is 8.20. The molecular weight excluding hydrogens is 318 g/mol. The third-order valence-electron chi connectivity index (χ3n) is 4.03.